The van der Waals surface area contributed by atoms with E-state index < -0.39 is 17.8 Å². The van der Waals surface area contributed by atoms with Gasteiger partial charge < -0.3 is 18.9 Å². The second-order valence-electron chi connectivity index (χ2n) is 9.29. The molecule has 0 aliphatic heterocycles. The monoisotopic (exact) mass is 658 g/mol. The number of rotatable bonds is 17. The van der Waals surface area contributed by atoms with Gasteiger partial charge in [0.25, 0.3) is 0 Å². The van der Waals surface area contributed by atoms with Gasteiger partial charge in [-0.3, -0.25) is 10.4 Å². The highest BCUT2D eigenvalue weighted by molar-refractivity contribution is 7.17. The number of carbonyl (C=O) groups excluding carboxylic acids is 2. The number of esters is 2. The molecular weight excluding hydrogens is 627 g/mol. The molecule has 1 aromatic heterocycles. The van der Waals surface area contributed by atoms with Crippen molar-refractivity contribution in [2.45, 2.75) is 0 Å². The lowest BCUT2D eigenvalue weighted by Crippen LogP contribution is -2.24. The summed E-state index contributed by atoms with van der Waals surface area (Å²) in [6.07, 6.45) is 2.14. The molecular formula is C33H31FN6O6S. The summed E-state index contributed by atoms with van der Waals surface area (Å²) in [6, 6.07) is 23.0. The molecule has 0 aliphatic carbocycles. The zero-order chi connectivity index (χ0) is 33.4. The summed E-state index contributed by atoms with van der Waals surface area (Å²) in [5.41, 5.74) is 6.91. The molecule has 1 heterocycles. The van der Waals surface area contributed by atoms with Crippen molar-refractivity contribution in [2.75, 3.05) is 43.9 Å². The third-order valence-electron chi connectivity index (χ3n) is 5.92. The topological polar surface area (TPSA) is 136 Å². The molecule has 0 fully saturated rings. The van der Waals surface area contributed by atoms with Crippen molar-refractivity contribution in [1.82, 2.24) is 0 Å². The van der Waals surface area contributed by atoms with E-state index in [2.05, 4.69) is 39.0 Å². The van der Waals surface area contributed by atoms with E-state index in [1.807, 2.05) is 48.5 Å². The van der Waals surface area contributed by atoms with E-state index in [9.17, 15) is 14.0 Å². The van der Waals surface area contributed by atoms with Gasteiger partial charge in [-0.05, 0) is 72.8 Å². The number of hydrazine groups is 1. The van der Waals surface area contributed by atoms with Gasteiger partial charge in [-0.25, -0.2) is 14.0 Å². The summed E-state index contributed by atoms with van der Waals surface area (Å²) in [4.78, 5) is 22.1. The Bertz CT molecular complexity index is 1710. The maximum Gasteiger partial charge on any atom is 0.330 e. The molecule has 0 bridgehead atoms. The van der Waals surface area contributed by atoms with Gasteiger partial charge in [0.15, 0.2) is 5.82 Å². The van der Waals surface area contributed by atoms with Crippen molar-refractivity contribution in [1.29, 1.82) is 0 Å². The van der Waals surface area contributed by atoms with E-state index in [0.29, 0.717) is 27.8 Å². The van der Waals surface area contributed by atoms with E-state index in [4.69, 9.17) is 18.9 Å². The number of thiophene rings is 1. The number of azo groups is 2. The normalized spacial score (nSPS) is 10.9. The van der Waals surface area contributed by atoms with Crippen LogP contribution in [-0.2, 0) is 19.1 Å². The molecule has 47 heavy (non-hydrogen) atoms. The summed E-state index contributed by atoms with van der Waals surface area (Å²) < 4.78 is 34.6. The molecule has 1 N–H and O–H groups in total. The van der Waals surface area contributed by atoms with Gasteiger partial charge in [-0.1, -0.05) is 24.5 Å². The van der Waals surface area contributed by atoms with Crippen molar-refractivity contribution in [3.05, 3.63) is 110 Å². The average molecular weight is 659 g/mol. The molecule has 4 rings (SSSR count). The Kier molecular flexibility index (Phi) is 12.7. The minimum atomic E-state index is -0.576. The van der Waals surface area contributed by atoms with Gasteiger partial charge in [0.05, 0.1) is 28.4 Å². The van der Waals surface area contributed by atoms with Crippen LogP contribution in [0.3, 0.4) is 0 Å². The largest absolute Gasteiger partial charge is 0.490 e. The van der Waals surface area contributed by atoms with Crippen LogP contribution >= 0.6 is 11.3 Å². The van der Waals surface area contributed by atoms with Crippen LogP contribution in [0, 0.1) is 5.82 Å². The van der Waals surface area contributed by atoms with Gasteiger partial charge in [-0.15, -0.1) is 10.2 Å². The molecule has 4 aromatic rings. The van der Waals surface area contributed by atoms with Crippen LogP contribution in [0.4, 0.5) is 37.8 Å². The third-order valence-corrected chi connectivity index (χ3v) is 6.82. The molecule has 0 aliphatic rings. The lowest BCUT2D eigenvalue weighted by atomic mass is 10.3. The highest BCUT2D eigenvalue weighted by Crippen LogP contribution is 2.36. The number of ether oxygens (including phenoxy) is 4. The number of carbonyl (C=O) groups is 2. The second kappa shape index (κ2) is 17.6. The standard InChI is InChI=1S/C33H31FN6O6S/c1-4-31(41)44-19-18-43-28-16-12-25(13-17-28)36-35-23-6-8-26(9-7-23)39-40(3)27-14-10-24(11-15-27)37-38-30-22-29(34)33(47-30)46-21-20-45-32(42)5-2/h4-17,22,39H,1-2,18-21H2,3H3. The van der Waals surface area contributed by atoms with E-state index >= 15 is 0 Å². The Labute approximate surface area is 274 Å². The number of nitrogens with zero attached hydrogens (tertiary/aromatic N) is 5. The summed E-state index contributed by atoms with van der Waals surface area (Å²) in [5.74, 6) is -1.02. The molecule has 14 heteroatoms. The molecule has 242 valence electrons. The molecule has 0 spiro atoms. The van der Waals surface area contributed by atoms with E-state index in [1.54, 1.807) is 36.4 Å². The first-order chi connectivity index (χ1) is 22.8. The first kappa shape index (κ1) is 34.0. The quantitative estimate of drug-likeness (QED) is 0.0393. The summed E-state index contributed by atoms with van der Waals surface area (Å²) in [5, 5.41) is 19.0. The number of halogens is 1. The Morgan fingerprint density at radius 3 is 1.85 bits per heavy atom. The number of hydrogen-bond acceptors (Lipinski definition) is 13. The molecule has 12 nitrogen and oxygen atoms in total. The van der Waals surface area contributed by atoms with Crippen molar-refractivity contribution >= 4 is 56.7 Å². The van der Waals surface area contributed by atoms with Crippen LogP contribution in [0.25, 0.3) is 0 Å². The molecule has 3 aromatic carbocycles. The maximum atomic E-state index is 14.1. The van der Waals surface area contributed by atoms with Crippen LogP contribution in [0.2, 0.25) is 0 Å². The number of benzene rings is 3. The lowest BCUT2D eigenvalue weighted by Gasteiger charge is -2.21. The molecule has 0 saturated heterocycles. The fraction of sp³-hybridized carbons (Fsp3) is 0.152. The summed E-state index contributed by atoms with van der Waals surface area (Å²) in [7, 11) is 1.87. The SMILES string of the molecule is C=CC(=O)OCCOc1ccc(N=Nc2ccc(NN(C)c3ccc(N=Nc4cc(F)c(OCCOC(=O)C=C)s4)cc3)cc2)cc1. The van der Waals surface area contributed by atoms with Gasteiger partial charge in [0.1, 0.15) is 37.2 Å². The number of anilines is 2. The highest BCUT2D eigenvalue weighted by atomic mass is 32.1. The highest BCUT2D eigenvalue weighted by Gasteiger charge is 2.11. The van der Waals surface area contributed by atoms with Crippen LogP contribution in [0.15, 0.2) is 125 Å². The zero-order valence-electron chi connectivity index (χ0n) is 25.4. The van der Waals surface area contributed by atoms with E-state index in [1.165, 1.54) is 6.07 Å². The summed E-state index contributed by atoms with van der Waals surface area (Å²) in [6.45, 7) is 6.97. The first-order valence-electron chi connectivity index (χ1n) is 14.1. The molecule has 0 atom stereocenters. The number of hydrogen-bond donors (Lipinski definition) is 1. The Balaban J connectivity index is 1.22. The van der Waals surface area contributed by atoms with Crippen molar-refractivity contribution < 1.29 is 32.9 Å². The maximum absolute atomic E-state index is 14.1. The third kappa shape index (κ3) is 11.2. The van der Waals surface area contributed by atoms with Crippen LogP contribution in [-0.4, -0.2) is 45.4 Å². The number of nitrogens with one attached hydrogen (secondary N) is 1. The first-order valence-corrected chi connectivity index (χ1v) is 14.9. The zero-order valence-corrected chi connectivity index (χ0v) is 26.2. The van der Waals surface area contributed by atoms with Crippen LogP contribution in [0.1, 0.15) is 0 Å². The Morgan fingerprint density at radius 1 is 0.766 bits per heavy atom. The predicted molar refractivity (Wildman–Crippen MR) is 177 cm³/mol. The van der Waals surface area contributed by atoms with Gasteiger partial charge in [0.2, 0.25) is 5.06 Å². The minimum absolute atomic E-state index is 0.000552. The van der Waals surface area contributed by atoms with Gasteiger partial charge in [0, 0.05) is 25.3 Å². The van der Waals surface area contributed by atoms with Crippen molar-refractivity contribution in [3.63, 3.8) is 0 Å². The fourth-order valence-electron chi connectivity index (χ4n) is 3.62. The molecule has 0 radical (unpaired) electrons. The van der Waals surface area contributed by atoms with E-state index in [-0.39, 0.29) is 31.5 Å². The summed E-state index contributed by atoms with van der Waals surface area (Å²) >= 11 is 0.993. The van der Waals surface area contributed by atoms with Gasteiger partial charge >= 0.3 is 11.9 Å². The predicted octanol–water partition coefficient (Wildman–Crippen LogP) is 8.40. The Hall–Kier alpha value is -5.89. The second-order valence-corrected chi connectivity index (χ2v) is 10.3. The average Bonchev–Trinajstić information content (AvgIpc) is 3.46. The lowest BCUT2D eigenvalue weighted by molar-refractivity contribution is -0.139. The fourth-order valence-corrected chi connectivity index (χ4v) is 4.35. The van der Waals surface area contributed by atoms with Crippen molar-refractivity contribution in [3.8, 4) is 10.8 Å². The van der Waals surface area contributed by atoms with Crippen LogP contribution < -0.4 is 19.9 Å². The minimum Gasteiger partial charge on any atom is -0.490 e. The van der Waals surface area contributed by atoms with Crippen LogP contribution in [0.5, 0.6) is 10.8 Å². The molecule has 0 amide bonds. The van der Waals surface area contributed by atoms with Gasteiger partial charge in [-0.2, -0.15) is 10.2 Å². The van der Waals surface area contributed by atoms with E-state index in [0.717, 1.165) is 34.9 Å². The molecule has 0 saturated carbocycles. The van der Waals surface area contributed by atoms with Crippen molar-refractivity contribution in [2.24, 2.45) is 20.5 Å². The smallest absolute Gasteiger partial charge is 0.330 e. The Morgan fingerprint density at radius 2 is 1.28 bits per heavy atom. The molecule has 0 unspecified atom stereocenters.